The monoisotopic (exact) mass is 254 g/mol. The van der Waals surface area contributed by atoms with E-state index in [4.69, 9.17) is 4.74 Å². The van der Waals surface area contributed by atoms with Crippen molar-refractivity contribution >= 4 is 22.8 Å². The number of benzene rings is 2. The van der Waals surface area contributed by atoms with Crippen LogP contribution in [0.2, 0.25) is 0 Å². The van der Waals surface area contributed by atoms with Gasteiger partial charge in [0.15, 0.2) is 0 Å². The first-order valence-electron chi connectivity index (χ1n) is 6.15. The van der Waals surface area contributed by atoms with Crippen molar-refractivity contribution < 1.29 is 14.6 Å². The molecule has 0 atom stereocenters. The summed E-state index contributed by atoms with van der Waals surface area (Å²) in [5.74, 6) is -0.280. The lowest BCUT2D eigenvalue weighted by molar-refractivity contribution is 0.0695. The number of hydrogen-bond acceptors (Lipinski definition) is 2. The van der Waals surface area contributed by atoms with Gasteiger partial charge in [0.05, 0.1) is 5.56 Å². The summed E-state index contributed by atoms with van der Waals surface area (Å²) in [7, 11) is 0. The Kier molecular flexibility index (Phi) is 2.39. The quantitative estimate of drug-likeness (QED) is 0.843. The van der Waals surface area contributed by atoms with Crippen LogP contribution >= 0.6 is 0 Å². The second kappa shape index (κ2) is 3.85. The third-order valence-corrected chi connectivity index (χ3v) is 3.29. The van der Waals surface area contributed by atoms with E-state index in [9.17, 15) is 9.90 Å². The highest BCUT2D eigenvalue weighted by molar-refractivity contribution is 6.03. The van der Waals surface area contributed by atoms with Crippen LogP contribution in [0, 0.1) is 0 Å². The van der Waals surface area contributed by atoms with Gasteiger partial charge in [-0.3, -0.25) is 0 Å². The molecule has 1 aliphatic heterocycles. The van der Waals surface area contributed by atoms with Gasteiger partial charge < -0.3 is 9.84 Å². The summed E-state index contributed by atoms with van der Waals surface area (Å²) in [6.45, 7) is 3.91. The van der Waals surface area contributed by atoms with Gasteiger partial charge >= 0.3 is 5.97 Å². The fourth-order valence-electron chi connectivity index (χ4n) is 2.36. The number of carboxylic acid groups (broad SMARTS) is 1. The molecule has 1 aliphatic rings. The molecule has 0 unspecified atom stereocenters. The van der Waals surface area contributed by atoms with Gasteiger partial charge in [0.25, 0.3) is 0 Å². The van der Waals surface area contributed by atoms with Crippen molar-refractivity contribution in [3.05, 3.63) is 47.5 Å². The average molecular weight is 254 g/mol. The van der Waals surface area contributed by atoms with E-state index in [0.717, 1.165) is 10.8 Å². The first-order chi connectivity index (χ1) is 8.98. The summed E-state index contributed by atoms with van der Waals surface area (Å²) in [6, 6.07) is 9.37. The summed E-state index contributed by atoms with van der Waals surface area (Å²) >= 11 is 0. The lowest BCUT2D eigenvalue weighted by atomic mass is 9.94. The van der Waals surface area contributed by atoms with Crippen molar-refractivity contribution in [3.8, 4) is 5.75 Å². The molecule has 1 N–H and O–H groups in total. The topological polar surface area (TPSA) is 46.5 Å². The van der Waals surface area contributed by atoms with E-state index in [0.29, 0.717) is 11.3 Å². The smallest absolute Gasteiger partial charge is 0.336 e. The van der Waals surface area contributed by atoms with Gasteiger partial charge in [-0.1, -0.05) is 30.3 Å². The van der Waals surface area contributed by atoms with Gasteiger partial charge in [-0.25, -0.2) is 4.79 Å². The van der Waals surface area contributed by atoms with Crippen molar-refractivity contribution in [2.75, 3.05) is 0 Å². The second-order valence-corrected chi connectivity index (χ2v) is 5.23. The Morgan fingerprint density at radius 3 is 2.74 bits per heavy atom. The van der Waals surface area contributed by atoms with E-state index in [1.165, 1.54) is 0 Å². The minimum absolute atomic E-state index is 0.278. The molecule has 0 saturated carbocycles. The number of aromatic carboxylic acids is 1. The molecule has 0 saturated heterocycles. The highest BCUT2D eigenvalue weighted by Crippen LogP contribution is 2.39. The summed E-state index contributed by atoms with van der Waals surface area (Å²) < 4.78 is 5.97. The molecule has 0 fully saturated rings. The molecule has 96 valence electrons. The van der Waals surface area contributed by atoms with Crippen LogP contribution in [0.1, 0.15) is 29.8 Å². The zero-order valence-electron chi connectivity index (χ0n) is 10.8. The maximum absolute atomic E-state index is 11.4. The van der Waals surface area contributed by atoms with Crippen LogP contribution < -0.4 is 4.74 Å². The number of hydrogen-bond donors (Lipinski definition) is 1. The van der Waals surface area contributed by atoms with Crippen LogP contribution in [0.4, 0.5) is 0 Å². The van der Waals surface area contributed by atoms with Crippen molar-refractivity contribution in [2.24, 2.45) is 0 Å². The number of rotatable bonds is 1. The largest absolute Gasteiger partial charge is 0.482 e. The number of carboxylic acids is 1. The lowest BCUT2D eigenvalue weighted by Crippen LogP contribution is -2.28. The Morgan fingerprint density at radius 2 is 2.00 bits per heavy atom. The Bertz CT molecular complexity index is 711. The molecule has 3 rings (SSSR count). The normalized spacial score (nSPS) is 15.9. The van der Waals surface area contributed by atoms with E-state index in [2.05, 4.69) is 0 Å². The fourth-order valence-corrected chi connectivity index (χ4v) is 2.36. The molecule has 19 heavy (non-hydrogen) atoms. The van der Waals surface area contributed by atoms with Gasteiger partial charge in [0.1, 0.15) is 11.4 Å². The van der Waals surface area contributed by atoms with Crippen molar-refractivity contribution in [2.45, 2.75) is 19.4 Å². The third-order valence-electron chi connectivity index (χ3n) is 3.29. The standard InChI is InChI=1S/C16H14O3/c1-16(2)8-7-12-13(15(17)18)9-10-5-3-4-6-11(10)14(12)19-16/h3-9H,1-2H3,(H,17,18). The summed E-state index contributed by atoms with van der Waals surface area (Å²) in [6.07, 6.45) is 3.73. The molecule has 2 aromatic rings. The van der Waals surface area contributed by atoms with Gasteiger partial charge in [-0.05, 0) is 31.4 Å². The molecule has 0 spiro atoms. The highest BCUT2D eigenvalue weighted by Gasteiger charge is 2.26. The van der Waals surface area contributed by atoms with Crippen LogP contribution in [0.3, 0.4) is 0 Å². The molecule has 2 aromatic carbocycles. The first kappa shape index (κ1) is 11.8. The van der Waals surface area contributed by atoms with E-state index < -0.39 is 11.6 Å². The van der Waals surface area contributed by atoms with Crippen molar-refractivity contribution in [3.63, 3.8) is 0 Å². The predicted molar refractivity (Wildman–Crippen MR) is 74.6 cm³/mol. The lowest BCUT2D eigenvalue weighted by Gasteiger charge is -2.29. The van der Waals surface area contributed by atoms with Crippen LogP contribution in [0.15, 0.2) is 36.4 Å². The molecular formula is C16H14O3. The molecule has 0 aliphatic carbocycles. The van der Waals surface area contributed by atoms with Gasteiger partial charge in [0.2, 0.25) is 0 Å². The zero-order chi connectivity index (χ0) is 13.6. The van der Waals surface area contributed by atoms with Crippen LogP contribution in [-0.4, -0.2) is 16.7 Å². The number of ether oxygens (including phenoxy) is 1. The molecule has 3 nitrogen and oxygen atoms in total. The van der Waals surface area contributed by atoms with E-state index in [-0.39, 0.29) is 5.56 Å². The minimum Gasteiger partial charge on any atom is -0.482 e. The van der Waals surface area contributed by atoms with Crippen LogP contribution in [0.5, 0.6) is 5.75 Å². The second-order valence-electron chi connectivity index (χ2n) is 5.23. The molecular weight excluding hydrogens is 240 g/mol. The Balaban J connectivity index is 2.40. The Hall–Kier alpha value is -2.29. The number of fused-ring (bicyclic) bond motifs is 3. The first-order valence-corrected chi connectivity index (χ1v) is 6.15. The van der Waals surface area contributed by atoms with Crippen LogP contribution in [-0.2, 0) is 0 Å². The molecule has 0 bridgehead atoms. The predicted octanol–water partition coefficient (Wildman–Crippen LogP) is 3.72. The molecule has 0 aromatic heterocycles. The Labute approximate surface area is 111 Å². The number of carbonyl (C=O) groups is 1. The molecule has 3 heteroatoms. The SMILES string of the molecule is CC1(C)C=Cc2c(C(=O)O)cc3ccccc3c2O1. The minimum atomic E-state index is -0.935. The highest BCUT2D eigenvalue weighted by atomic mass is 16.5. The van der Waals surface area contributed by atoms with E-state index in [1.807, 2.05) is 50.3 Å². The van der Waals surface area contributed by atoms with Gasteiger partial charge in [-0.15, -0.1) is 0 Å². The maximum atomic E-state index is 11.4. The maximum Gasteiger partial charge on any atom is 0.336 e. The van der Waals surface area contributed by atoms with Crippen LogP contribution in [0.25, 0.3) is 16.8 Å². The fraction of sp³-hybridized carbons (Fsp3) is 0.188. The molecule has 0 amide bonds. The average Bonchev–Trinajstić information content (AvgIpc) is 2.36. The third kappa shape index (κ3) is 1.87. The van der Waals surface area contributed by atoms with Crippen molar-refractivity contribution in [1.29, 1.82) is 0 Å². The summed E-state index contributed by atoms with van der Waals surface area (Å²) in [4.78, 5) is 11.4. The molecule has 1 heterocycles. The van der Waals surface area contributed by atoms with Crippen molar-refractivity contribution in [1.82, 2.24) is 0 Å². The van der Waals surface area contributed by atoms with Gasteiger partial charge in [-0.2, -0.15) is 0 Å². The van der Waals surface area contributed by atoms with E-state index >= 15 is 0 Å². The zero-order valence-corrected chi connectivity index (χ0v) is 10.8. The Morgan fingerprint density at radius 1 is 1.26 bits per heavy atom. The summed E-state index contributed by atoms with van der Waals surface area (Å²) in [5.41, 5.74) is 0.498. The van der Waals surface area contributed by atoms with E-state index in [1.54, 1.807) is 6.07 Å². The molecule has 0 radical (unpaired) electrons. The van der Waals surface area contributed by atoms with Gasteiger partial charge in [0, 0.05) is 10.9 Å². The summed E-state index contributed by atoms with van der Waals surface area (Å²) in [5, 5.41) is 11.2.